The van der Waals surface area contributed by atoms with Gasteiger partial charge in [-0.2, -0.15) is 4.31 Å². The minimum atomic E-state index is -3.77. The van der Waals surface area contributed by atoms with Gasteiger partial charge in [-0.3, -0.25) is 9.59 Å². The molecule has 0 aromatic heterocycles. The lowest BCUT2D eigenvalue weighted by Crippen LogP contribution is -2.38. The molecule has 0 spiro atoms. The fourth-order valence-electron chi connectivity index (χ4n) is 4.04. The molecular formula is C24H29FN2O5S. The zero-order valence-corrected chi connectivity index (χ0v) is 19.6. The quantitative estimate of drug-likeness (QED) is 0.585. The third-order valence-corrected chi connectivity index (χ3v) is 7.94. The van der Waals surface area contributed by atoms with E-state index in [-0.39, 0.29) is 22.9 Å². The summed E-state index contributed by atoms with van der Waals surface area (Å²) in [7, 11) is -0.944. The topological polar surface area (TPSA) is 92.8 Å². The fourth-order valence-corrected chi connectivity index (χ4v) is 5.51. The molecule has 1 saturated carbocycles. The van der Waals surface area contributed by atoms with Crippen LogP contribution in [0.25, 0.3) is 0 Å². The van der Waals surface area contributed by atoms with Crippen LogP contribution in [0.3, 0.4) is 0 Å². The van der Waals surface area contributed by atoms with E-state index in [4.69, 9.17) is 4.74 Å². The molecule has 7 nitrogen and oxygen atoms in total. The summed E-state index contributed by atoms with van der Waals surface area (Å²) in [6.07, 6.45) is 4.60. The number of carbonyl (C=O) groups excluding carboxylic acids is 2. The molecule has 0 heterocycles. The van der Waals surface area contributed by atoms with E-state index in [0.717, 1.165) is 32.1 Å². The highest BCUT2D eigenvalue weighted by Gasteiger charge is 2.29. The summed E-state index contributed by atoms with van der Waals surface area (Å²) in [6.45, 7) is 0. The number of hydrogen-bond acceptors (Lipinski definition) is 5. The van der Waals surface area contributed by atoms with Gasteiger partial charge in [-0.1, -0.05) is 37.5 Å². The molecule has 9 heteroatoms. The number of rotatable bonds is 8. The Morgan fingerprint density at radius 2 is 1.79 bits per heavy atom. The van der Waals surface area contributed by atoms with Gasteiger partial charge in [0, 0.05) is 18.7 Å². The van der Waals surface area contributed by atoms with Crippen molar-refractivity contribution >= 4 is 21.9 Å². The lowest BCUT2D eigenvalue weighted by molar-refractivity contribution is -0.141. The molecule has 0 saturated heterocycles. The Balaban J connectivity index is 1.82. The molecule has 0 bridgehead atoms. The van der Waals surface area contributed by atoms with Crippen molar-refractivity contribution in [3.63, 3.8) is 0 Å². The number of nitrogens with one attached hydrogen (secondary N) is 1. The van der Waals surface area contributed by atoms with Crippen LogP contribution >= 0.6 is 0 Å². The number of sulfonamides is 1. The van der Waals surface area contributed by atoms with Crippen molar-refractivity contribution in [1.82, 2.24) is 9.62 Å². The summed E-state index contributed by atoms with van der Waals surface area (Å²) < 4.78 is 45.8. The number of amides is 1. The van der Waals surface area contributed by atoms with Crippen molar-refractivity contribution in [3.05, 3.63) is 65.5 Å². The molecule has 1 fully saturated rings. The molecule has 1 amide bonds. The molecule has 3 rings (SSSR count). The number of nitrogens with zero attached hydrogens (tertiary/aromatic N) is 1. The van der Waals surface area contributed by atoms with E-state index in [1.807, 2.05) is 0 Å². The van der Waals surface area contributed by atoms with Gasteiger partial charge in [0.15, 0.2) is 0 Å². The Labute approximate surface area is 194 Å². The minimum absolute atomic E-state index is 0.0366. The van der Waals surface area contributed by atoms with Gasteiger partial charge >= 0.3 is 5.97 Å². The molecular weight excluding hydrogens is 447 g/mol. The van der Waals surface area contributed by atoms with Crippen LogP contribution in [0.1, 0.15) is 60.5 Å². The lowest BCUT2D eigenvalue weighted by atomic mass is 9.96. The largest absolute Gasteiger partial charge is 0.469 e. The van der Waals surface area contributed by atoms with Gasteiger partial charge in [-0.25, -0.2) is 12.8 Å². The van der Waals surface area contributed by atoms with Crippen molar-refractivity contribution in [2.45, 2.75) is 55.5 Å². The molecule has 0 aliphatic heterocycles. The molecule has 0 radical (unpaired) electrons. The zero-order valence-electron chi connectivity index (χ0n) is 18.8. The Hall–Kier alpha value is -2.78. The van der Waals surface area contributed by atoms with E-state index in [1.165, 1.54) is 59.9 Å². The van der Waals surface area contributed by atoms with Crippen LogP contribution < -0.4 is 5.32 Å². The number of esters is 1. The van der Waals surface area contributed by atoms with E-state index in [2.05, 4.69) is 5.32 Å². The standard InChI is InChI=1S/C24H29FN2O5S/c1-27(20-8-4-3-5-9-20)33(30,31)21-10-6-7-18(15-21)24(29)26-22(16-23(28)32-2)17-11-13-19(25)14-12-17/h6-7,10-15,20,22H,3-5,8-9,16H2,1-2H3,(H,26,29). The SMILES string of the molecule is COC(=O)CC(NC(=O)c1cccc(S(=O)(=O)N(C)C2CCCCC2)c1)c1ccc(F)cc1. The summed E-state index contributed by atoms with van der Waals surface area (Å²) in [5.41, 5.74) is 0.668. The molecule has 2 aromatic carbocycles. The van der Waals surface area contributed by atoms with Gasteiger partial charge < -0.3 is 10.1 Å². The van der Waals surface area contributed by atoms with Crippen LogP contribution in [0, 0.1) is 5.82 Å². The Kier molecular flexibility index (Phi) is 8.20. The molecule has 2 aromatic rings. The highest BCUT2D eigenvalue weighted by Crippen LogP contribution is 2.27. The van der Waals surface area contributed by atoms with Crippen LogP contribution in [0.2, 0.25) is 0 Å². The highest BCUT2D eigenvalue weighted by molar-refractivity contribution is 7.89. The van der Waals surface area contributed by atoms with Crippen molar-refractivity contribution < 1.29 is 27.1 Å². The number of halogens is 1. The second-order valence-corrected chi connectivity index (χ2v) is 10.2. The first kappa shape index (κ1) is 24.9. The predicted molar refractivity (Wildman–Crippen MR) is 122 cm³/mol. The minimum Gasteiger partial charge on any atom is -0.469 e. The maximum absolute atomic E-state index is 13.3. The van der Waals surface area contributed by atoms with Gasteiger partial charge in [-0.05, 0) is 48.7 Å². The molecule has 1 aliphatic rings. The Bertz CT molecular complexity index is 1080. The van der Waals surface area contributed by atoms with Crippen LogP contribution in [0.4, 0.5) is 4.39 Å². The summed E-state index contributed by atoms with van der Waals surface area (Å²) in [6, 6.07) is 10.4. The number of hydrogen-bond donors (Lipinski definition) is 1. The average molecular weight is 477 g/mol. The number of methoxy groups -OCH3 is 1. The van der Waals surface area contributed by atoms with E-state index in [0.29, 0.717) is 5.56 Å². The first-order valence-corrected chi connectivity index (χ1v) is 12.4. The maximum atomic E-state index is 13.3. The predicted octanol–water partition coefficient (Wildman–Crippen LogP) is 3.81. The van der Waals surface area contributed by atoms with E-state index in [9.17, 15) is 22.4 Å². The van der Waals surface area contributed by atoms with Crippen LogP contribution in [0.15, 0.2) is 53.4 Å². The average Bonchev–Trinajstić information content (AvgIpc) is 2.84. The molecule has 1 unspecified atom stereocenters. The summed E-state index contributed by atoms with van der Waals surface area (Å²) in [4.78, 5) is 24.9. The second kappa shape index (κ2) is 10.9. The molecule has 178 valence electrons. The maximum Gasteiger partial charge on any atom is 0.307 e. The molecule has 1 aliphatic carbocycles. The molecule has 33 heavy (non-hydrogen) atoms. The fraction of sp³-hybridized carbons (Fsp3) is 0.417. The van der Waals surface area contributed by atoms with Crippen LogP contribution in [0.5, 0.6) is 0 Å². The Morgan fingerprint density at radius 1 is 1.12 bits per heavy atom. The number of benzene rings is 2. The van der Waals surface area contributed by atoms with Gasteiger partial charge in [0.25, 0.3) is 5.91 Å². The molecule has 1 atom stereocenters. The van der Waals surface area contributed by atoms with Gasteiger partial charge in [0.2, 0.25) is 10.0 Å². The summed E-state index contributed by atoms with van der Waals surface area (Å²) in [5.74, 6) is -1.54. The van der Waals surface area contributed by atoms with Crippen molar-refractivity contribution in [3.8, 4) is 0 Å². The normalized spacial score (nSPS) is 15.8. The Morgan fingerprint density at radius 3 is 2.42 bits per heavy atom. The smallest absolute Gasteiger partial charge is 0.307 e. The second-order valence-electron chi connectivity index (χ2n) is 8.20. The van der Waals surface area contributed by atoms with E-state index in [1.54, 1.807) is 7.05 Å². The van der Waals surface area contributed by atoms with Gasteiger partial charge in [0.05, 0.1) is 24.5 Å². The third-order valence-electron chi connectivity index (χ3n) is 6.04. The van der Waals surface area contributed by atoms with Gasteiger partial charge in [-0.15, -0.1) is 0 Å². The number of carbonyl (C=O) groups is 2. The van der Waals surface area contributed by atoms with Gasteiger partial charge in [0.1, 0.15) is 5.82 Å². The highest BCUT2D eigenvalue weighted by atomic mass is 32.2. The van der Waals surface area contributed by atoms with Crippen molar-refractivity contribution in [2.24, 2.45) is 0 Å². The third kappa shape index (κ3) is 6.17. The van der Waals surface area contributed by atoms with Crippen molar-refractivity contribution in [1.29, 1.82) is 0 Å². The van der Waals surface area contributed by atoms with Crippen molar-refractivity contribution in [2.75, 3.05) is 14.2 Å². The first-order valence-electron chi connectivity index (χ1n) is 10.9. The molecule has 1 N–H and O–H groups in total. The first-order chi connectivity index (χ1) is 15.7. The van der Waals surface area contributed by atoms with Crippen LogP contribution in [-0.2, 0) is 19.6 Å². The van der Waals surface area contributed by atoms with Crippen LogP contribution in [-0.4, -0.2) is 44.8 Å². The lowest BCUT2D eigenvalue weighted by Gasteiger charge is -2.30. The monoisotopic (exact) mass is 476 g/mol. The zero-order chi connectivity index (χ0) is 24.0. The summed E-state index contributed by atoms with van der Waals surface area (Å²) >= 11 is 0. The summed E-state index contributed by atoms with van der Waals surface area (Å²) in [5, 5.41) is 2.73. The van der Waals surface area contributed by atoms with E-state index < -0.39 is 33.8 Å². The number of ether oxygens (including phenoxy) is 1. The van der Waals surface area contributed by atoms with E-state index >= 15 is 0 Å².